The smallest absolute Gasteiger partial charge is 0.341 e. The minimum atomic E-state index is -2.93. The van der Waals surface area contributed by atoms with Gasteiger partial charge in [-0.1, -0.05) is 12.1 Å². The van der Waals surface area contributed by atoms with Gasteiger partial charge in [0, 0.05) is 50.1 Å². The van der Waals surface area contributed by atoms with E-state index in [1.54, 1.807) is 0 Å². The number of aliphatic hydroxyl groups is 5. The van der Waals surface area contributed by atoms with Crippen LogP contribution in [0.3, 0.4) is 0 Å². The maximum atomic E-state index is 14.2. The van der Waals surface area contributed by atoms with Gasteiger partial charge in [-0.05, 0) is 39.1 Å². The van der Waals surface area contributed by atoms with Crippen molar-refractivity contribution in [1.82, 2.24) is 20.0 Å². The molecule has 1 amide bonds. The molecule has 0 aromatic heterocycles. The number of aromatic hydroxyl groups is 1. The molecule has 5 rings (SSSR count). The summed E-state index contributed by atoms with van der Waals surface area (Å²) in [6, 6.07) is 2.77. The lowest BCUT2D eigenvalue weighted by Gasteiger charge is -2.53. The number of rotatable bonds is 7. The zero-order valence-corrected chi connectivity index (χ0v) is 25.1. The quantitative estimate of drug-likeness (QED) is 0.157. The summed E-state index contributed by atoms with van der Waals surface area (Å²) >= 11 is 0. The number of ketones is 2. The van der Waals surface area contributed by atoms with E-state index in [-0.39, 0.29) is 37.2 Å². The van der Waals surface area contributed by atoms with Gasteiger partial charge in [-0.3, -0.25) is 29.1 Å². The molecule has 1 saturated heterocycles. The highest BCUT2D eigenvalue weighted by Gasteiger charge is 2.66. The summed E-state index contributed by atoms with van der Waals surface area (Å²) in [5.41, 5.74) is -6.40. The average Bonchev–Trinajstić information content (AvgIpc) is 2.97. The highest BCUT2D eigenvalue weighted by Crippen LogP contribution is 2.57. The van der Waals surface area contributed by atoms with Crippen LogP contribution in [0.15, 0.2) is 35.1 Å². The zero-order valence-electron chi connectivity index (χ0n) is 25.1. The van der Waals surface area contributed by atoms with Crippen LogP contribution in [0.5, 0.6) is 5.75 Å². The van der Waals surface area contributed by atoms with E-state index in [9.17, 15) is 54.9 Å². The fraction of sp³-hybridized carbons (Fsp3) is 0.533. The number of fused-ring (bicyclic) bond motifs is 3. The third kappa shape index (κ3) is 4.90. The number of β-amino-alcohol motifs (C(OH)–C–C–N with tert-alkyl or cyclic N) is 1. The first-order chi connectivity index (χ1) is 21.1. The molecule has 0 bridgehead atoms. The number of likely N-dealkylation sites (N-methyl/N-ethyl adjacent to an activating group) is 1. The van der Waals surface area contributed by atoms with Gasteiger partial charge in [0.25, 0.3) is 5.91 Å². The number of carbonyl (C=O) groups excluding carboxylic acids is 3. The third-order valence-electron chi connectivity index (χ3n) is 9.69. The normalized spacial score (nSPS) is 31.4. The van der Waals surface area contributed by atoms with E-state index in [4.69, 9.17) is 0 Å². The molecule has 1 aliphatic heterocycles. The SMILES string of the molecule is CN(C)[C@H]1C(=O)C(C(=O)NC(C(=O)O)N2CCN(CCO)CC2)=C(O)[C@]2(O)C(=O)C3=C(O)c4c(O)cccc4[C@](C)(O)C3CC12. The van der Waals surface area contributed by atoms with Crippen molar-refractivity contribution in [2.75, 3.05) is 53.4 Å². The lowest BCUT2D eigenvalue weighted by molar-refractivity contribution is -0.159. The van der Waals surface area contributed by atoms with Gasteiger partial charge in [-0.15, -0.1) is 0 Å². The number of carboxylic acids is 1. The van der Waals surface area contributed by atoms with Crippen molar-refractivity contribution >= 4 is 29.2 Å². The molecule has 0 spiro atoms. The molecule has 3 aliphatic carbocycles. The lowest BCUT2D eigenvalue weighted by atomic mass is 9.54. The topological polar surface area (TPSA) is 232 Å². The molecule has 3 unspecified atom stereocenters. The van der Waals surface area contributed by atoms with Crippen LogP contribution < -0.4 is 5.32 Å². The number of nitrogens with one attached hydrogen (secondary N) is 1. The van der Waals surface area contributed by atoms with E-state index in [1.165, 1.54) is 49.0 Å². The van der Waals surface area contributed by atoms with E-state index in [1.807, 2.05) is 4.90 Å². The lowest BCUT2D eigenvalue weighted by Crippen LogP contribution is -2.67. The molecule has 45 heavy (non-hydrogen) atoms. The summed E-state index contributed by atoms with van der Waals surface area (Å²) in [6.07, 6.45) is -1.93. The molecule has 1 aromatic rings. The summed E-state index contributed by atoms with van der Waals surface area (Å²) in [6.45, 7) is 2.88. The highest BCUT2D eigenvalue weighted by atomic mass is 16.4. The van der Waals surface area contributed by atoms with Crippen molar-refractivity contribution < 1.29 is 54.9 Å². The van der Waals surface area contributed by atoms with Gasteiger partial charge in [0.2, 0.25) is 5.78 Å². The molecule has 8 N–H and O–H groups in total. The molecular weight excluding hydrogens is 592 g/mol. The van der Waals surface area contributed by atoms with Crippen LogP contribution in [0, 0.1) is 11.8 Å². The Hall–Kier alpha value is -3.86. The largest absolute Gasteiger partial charge is 0.508 e. The van der Waals surface area contributed by atoms with Crippen molar-refractivity contribution in [3.8, 4) is 5.75 Å². The van der Waals surface area contributed by atoms with Crippen LogP contribution in [-0.2, 0) is 24.8 Å². The Balaban J connectivity index is 1.58. The molecule has 1 saturated carbocycles. The van der Waals surface area contributed by atoms with Crippen molar-refractivity contribution in [2.45, 2.75) is 36.8 Å². The Labute approximate surface area is 258 Å². The second kappa shape index (κ2) is 11.5. The molecule has 15 heteroatoms. The number of hydrogen-bond acceptors (Lipinski definition) is 13. The summed E-state index contributed by atoms with van der Waals surface area (Å²) in [5, 5.41) is 78.3. The number of hydrogen-bond donors (Lipinski definition) is 8. The second-order valence-electron chi connectivity index (χ2n) is 12.4. The first-order valence-corrected chi connectivity index (χ1v) is 14.6. The number of benzene rings is 1. The monoisotopic (exact) mass is 630 g/mol. The highest BCUT2D eigenvalue weighted by molar-refractivity contribution is 6.25. The van der Waals surface area contributed by atoms with Gasteiger partial charge >= 0.3 is 5.97 Å². The molecule has 4 aliphatic rings. The Kier molecular flexibility index (Phi) is 8.31. The average molecular weight is 631 g/mol. The Morgan fingerprint density at radius 2 is 1.73 bits per heavy atom. The van der Waals surface area contributed by atoms with E-state index in [0.29, 0.717) is 19.6 Å². The van der Waals surface area contributed by atoms with E-state index in [2.05, 4.69) is 5.32 Å². The summed E-state index contributed by atoms with van der Waals surface area (Å²) < 4.78 is 0. The van der Waals surface area contributed by atoms with Gasteiger partial charge in [0.05, 0.1) is 23.8 Å². The Bertz CT molecular complexity index is 1510. The van der Waals surface area contributed by atoms with Crippen molar-refractivity contribution in [2.24, 2.45) is 11.8 Å². The number of carbonyl (C=O) groups is 4. The van der Waals surface area contributed by atoms with Crippen LogP contribution in [0.2, 0.25) is 0 Å². The Morgan fingerprint density at radius 3 is 2.31 bits per heavy atom. The predicted octanol–water partition coefficient (Wildman–Crippen LogP) is -1.72. The number of aliphatic carboxylic acids is 1. The van der Waals surface area contributed by atoms with Crippen molar-refractivity contribution in [1.29, 1.82) is 0 Å². The van der Waals surface area contributed by atoms with Crippen LogP contribution in [-0.4, -0.2) is 145 Å². The molecule has 0 radical (unpaired) electrons. The number of nitrogens with zero attached hydrogens (tertiary/aromatic N) is 3. The van der Waals surface area contributed by atoms with Crippen molar-refractivity contribution in [3.63, 3.8) is 0 Å². The standard InChI is InChI=1S/C30H38N4O11/c1-29(44)14-5-4-6-17(36)18(14)22(37)19-15(29)13-16-21(32(2)3)23(38)20(25(40)30(16,45)24(19)39)27(41)31-26(28(42)43)34-9-7-33(8-10-34)11-12-35/h4-6,15-16,21,26,35-37,40,44-45H,7-13H2,1-3H3,(H,31,41)(H,42,43)/t15?,16?,21-,26?,29+,30-/m1/s1. The maximum absolute atomic E-state index is 14.2. The van der Waals surface area contributed by atoms with E-state index < -0.39 is 87.1 Å². The van der Waals surface area contributed by atoms with Crippen LogP contribution in [0.25, 0.3) is 5.76 Å². The summed E-state index contributed by atoms with van der Waals surface area (Å²) in [7, 11) is 2.93. The van der Waals surface area contributed by atoms with Crippen molar-refractivity contribution in [3.05, 3.63) is 46.2 Å². The first-order valence-electron chi connectivity index (χ1n) is 14.6. The molecule has 1 aromatic carbocycles. The molecule has 6 atom stereocenters. The minimum Gasteiger partial charge on any atom is -0.508 e. The van der Waals surface area contributed by atoms with Gasteiger partial charge in [0.15, 0.2) is 17.6 Å². The minimum absolute atomic E-state index is 0.0784. The number of phenols is 1. The van der Waals surface area contributed by atoms with Crippen LogP contribution >= 0.6 is 0 Å². The number of amides is 1. The van der Waals surface area contributed by atoms with E-state index >= 15 is 0 Å². The fourth-order valence-corrected chi connectivity index (χ4v) is 7.37. The number of carboxylic acid groups (broad SMARTS) is 1. The predicted molar refractivity (Wildman–Crippen MR) is 156 cm³/mol. The molecular formula is C30H38N4O11. The number of aliphatic hydroxyl groups excluding tert-OH is 3. The van der Waals surface area contributed by atoms with Crippen LogP contribution in [0.1, 0.15) is 24.5 Å². The maximum Gasteiger partial charge on any atom is 0.341 e. The van der Waals surface area contributed by atoms with Gasteiger partial charge in [-0.25, -0.2) is 4.79 Å². The van der Waals surface area contributed by atoms with Crippen LogP contribution in [0.4, 0.5) is 0 Å². The van der Waals surface area contributed by atoms with Gasteiger partial charge < -0.3 is 41.1 Å². The Morgan fingerprint density at radius 1 is 1.09 bits per heavy atom. The van der Waals surface area contributed by atoms with Gasteiger partial charge in [-0.2, -0.15) is 0 Å². The summed E-state index contributed by atoms with van der Waals surface area (Å²) in [4.78, 5) is 58.7. The molecule has 15 nitrogen and oxygen atoms in total. The fourth-order valence-electron chi connectivity index (χ4n) is 7.37. The van der Waals surface area contributed by atoms with Gasteiger partial charge in [0.1, 0.15) is 22.8 Å². The first kappa shape index (κ1) is 32.5. The molecule has 2 fully saturated rings. The summed E-state index contributed by atoms with van der Waals surface area (Å²) in [5.74, 6) is -10.1. The number of phenolic OH excluding ortho intramolecular Hbond substituents is 1. The second-order valence-corrected chi connectivity index (χ2v) is 12.4. The zero-order chi connectivity index (χ0) is 33.2. The molecule has 244 valence electrons. The number of piperazine rings is 1. The third-order valence-corrected chi connectivity index (χ3v) is 9.69. The van der Waals surface area contributed by atoms with E-state index in [0.717, 1.165) is 0 Å². The molecule has 1 heterocycles. The number of Topliss-reactive ketones (excluding diaryl/α,β-unsaturated/α-hetero) is 2.